The molecule has 1 aromatic carbocycles. The van der Waals surface area contributed by atoms with Crippen LogP contribution in [-0.2, 0) is 11.2 Å². The number of aromatic hydroxyl groups is 1. The lowest BCUT2D eigenvalue weighted by molar-refractivity contribution is 0.0524. The summed E-state index contributed by atoms with van der Waals surface area (Å²) in [7, 11) is 0. The normalized spacial score (nSPS) is 13.2. The average Bonchev–Trinajstić information content (AvgIpc) is 3.32. The lowest BCUT2D eigenvalue weighted by Gasteiger charge is -2.10. The van der Waals surface area contributed by atoms with Crippen LogP contribution in [0.4, 0.5) is 17.4 Å². The molecule has 8 heteroatoms. The number of hydrogen-bond acceptors (Lipinski definition) is 8. The molecular formula is C24H22N4O4. The lowest BCUT2D eigenvalue weighted by atomic mass is 10.1. The number of nitrogens with one attached hydrogen (secondary N) is 2. The fourth-order valence-corrected chi connectivity index (χ4v) is 3.43. The van der Waals surface area contributed by atoms with Crippen molar-refractivity contribution in [1.82, 2.24) is 4.98 Å². The van der Waals surface area contributed by atoms with Crippen molar-refractivity contribution in [2.45, 2.75) is 20.3 Å². The second-order valence-corrected chi connectivity index (χ2v) is 7.15. The van der Waals surface area contributed by atoms with Crippen molar-refractivity contribution in [3.05, 3.63) is 64.5 Å². The maximum Gasteiger partial charge on any atom is 0.347 e. The summed E-state index contributed by atoms with van der Waals surface area (Å²) >= 11 is 0. The minimum absolute atomic E-state index is 0.0805. The van der Waals surface area contributed by atoms with Gasteiger partial charge in [0.25, 0.3) is 0 Å². The van der Waals surface area contributed by atoms with E-state index in [0.717, 1.165) is 16.7 Å². The van der Waals surface area contributed by atoms with Crippen molar-refractivity contribution in [2.75, 3.05) is 11.9 Å². The fraction of sp³-hybridized carbons (Fsp3) is 0.167. The first kappa shape index (κ1) is 21.0. The highest BCUT2D eigenvalue weighted by molar-refractivity contribution is 6.21. The van der Waals surface area contributed by atoms with Gasteiger partial charge in [-0.15, -0.1) is 0 Å². The summed E-state index contributed by atoms with van der Waals surface area (Å²) in [6.07, 6.45) is 6.76. The van der Waals surface area contributed by atoms with Crippen LogP contribution in [-0.4, -0.2) is 35.1 Å². The van der Waals surface area contributed by atoms with Gasteiger partial charge in [-0.3, -0.25) is 0 Å². The van der Waals surface area contributed by atoms with Gasteiger partial charge in [-0.05, 0) is 55.5 Å². The third kappa shape index (κ3) is 4.02. The molecule has 0 saturated heterocycles. The number of ether oxygens (including phenoxy) is 1. The van der Waals surface area contributed by atoms with Crippen LogP contribution in [0.3, 0.4) is 0 Å². The van der Waals surface area contributed by atoms with Crippen LogP contribution in [0, 0.1) is 12.3 Å². The van der Waals surface area contributed by atoms with E-state index in [1.165, 1.54) is 6.21 Å². The van der Waals surface area contributed by atoms with E-state index in [1.54, 1.807) is 31.5 Å². The minimum atomic E-state index is -0.693. The van der Waals surface area contributed by atoms with Crippen molar-refractivity contribution in [1.29, 1.82) is 5.41 Å². The van der Waals surface area contributed by atoms with E-state index in [1.807, 2.05) is 31.2 Å². The number of aryl methyl sites for hydroxylation is 1. The van der Waals surface area contributed by atoms with Gasteiger partial charge in [-0.25, -0.2) is 14.8 Å². The van der Waals surface area contributed by atoms with E-state index in [9.17, 15) is 9.90 Å². The molecular weight excluding hydrogens is 408 g/mol. The SMILES string of the molecule is CCOC(=O)c1c(Nc2ccc(CC=N)cc2C)oc(C=C2C=Nc3ncccc32)c1O. The van der Waals surface area contributed by atoms with Crippen molar-refractivity contribution < 1.29 is 19.1 Å². The highest BCUT2D eigenvalue weighted by atomic mass is 16.5. The predicted molar refractivity (Wildman–Crippen MR) is 124 cm³/mol. The number of fused-ring (bicyclic) bond motifs is 1. The Balaban J connectivity index is 1.74. The van der Waals surface area contributed by atoms with Crippen LogP contribution in [0.15, 0.2) is 45.9 Å². The molecule has 0 radical (unpaired) electrons. The fourth-order valence-electron chi connectivity index (χ4n) is 3.43. The third-order valence-electron chi connectivity index (χ3n) is 4.98. The summed E-state index contributed by atoms with van der Waals surface area (Å²) in [6, 6.07) is 9.33. The van der Waals surface area contributed by atoms with Gasteiger partial charge in [0.05, 0.1) is 6.61 Å². The highest BCUT2D eigenvalue weighted by Crippen LogP contribution is 2.39. The van der Waals surface area contributed by atoms with Gasteiger partial charge in [-0.1, -0.05) is 12.1 Å². The summed E-state index contributed by atoms with van der Waals surface area (Å²) in [6.45, 7) is 3.75. The third-order valence-corrected chi connectivity index (χ3v) is 4.98. The predicted octanol–water partition coefficient (Wildman–Crippen LogP) is 5.06. The van der Waals surface area contributed by atoms with Crippen LogP contribution < -0.4 is 5.32 Å². The molecule has 1 aliphatic rings. The van der Waals surface area contributed by atoms with Crippen molar-refractivity contribution >= 4 is 47.4 Å². The van der Waals surface area contributed by atoms with Crippen LogP contribution in [0.25, 0.3) is 11.6 Å². The number of aromatic nitrogens is 1. The number of pyridine rings is 1. The van der Waals surface area contributed by atoms with Crippen LogP contribution in [0.1, 0.15) is 39.7 Å². The number of esters is 1. The summed E-state index contributed by atoms with van der Waals surface area (Å²) < 4.78 is 11.0. The molecule has 0 spiro atoms. The van der Waals surface area contributed by atoms with E-state index < -0.39 is 5.97 Å². The Labute approximate surface area is 184 Å². The van der Waals surface area contributed by atoms with Gasteiger partial charge >= 0.3 is 5.97 Å². The molecule has 2 aromatic heterocycles. The molecule has 3 N–H and O–H groups in total. The number of anilines is 2. The molecule has 8 nitrogen and oxygen atoms in total. The largest absolute Gasteiger partial charge is 0.504 e. The van der Waals surface area contributed by atoms with Crippen LogP contribution >= 0.6 is 0 Å². The van der Waals surface area contributed by atoms with E-state index in [0.29, 0.717) is 23.5 Å². The first-order valence-corrected chi connectivity index (χ1v) is 10.1. The Morgan fingerprint density at radius 2 is 2.19 bits per heavy atom. The van der Waals surface area contributed by atoms with Crippen molar-refractivity contribution in [2.24, 2.45) is 4.99 Å². The number of allylic oxidation sites excluding steroid dienone is 1. The van der Waals surface area contributed by atoms with Crippen molar-refractivity contribution in [3.63, 3.8) is 0 Å². The second-order valence-electron chi connectivity index (χ2n) is 7.15. The molecule has 0 saturated carbocycles. The standard InChI is InChI=1S/C24H22N4O4/c1-3-31-24(30)20-21(29)19(12-16-13-27-22-17(16)5-4-10-26-22)32-23(20)28-18-7-6-15(8-9-25)11-14(18)2/h4-7,9-13,25,28-29H,3,8H2,1-2H3. The zero-order valence-electron chi connectivity index (χ0n) is 17.7. The Morgan fingerprint density at radius 3 is 2.94 bits per heavy atom. The van der Waals surface area contributed by atoms with Gasteiger partial charge in [0.1, 0.15) is 0 Å². The van der Waals surface area contributed by atoms with Crippen LogP contribution in [0.5, 0.6) is 5.75 Å². The quantitative estimate of drug-likeness (QED) is 0.356. The van der Waals surface area contributed by atoms with Crippen LogP contribution in [0.2, 0.25) is 0 Å². The molecule has 0 bridgehead atoms. The first-order chi connectivity index (χ1) is 15.5. The number of hydrogen-bond donors (Lipinski definition) is 3. The Hall–Kier alpha value is -4.20. The van der Waals surface area contributed by atoms with Gasteiger partial charge in [0.15, 0.2) is 22.9 Å². The molecule has 3 aromatic rings. The monoisotopic (exact) mass is 430 g/mol. The number of aliphatic imine (C=N–C) groups is 1. The van der Waals surface area contributed by atoms with E-state index in [4.69, 9.17) is 14.6 Å². The molecule has 0 atom stereocenters. The summed E-state index contributed by atoms with van der Waals surface area (Å²) in [5.74, 6) is -0.248. The number of nitrogens with zero attached hydrogens (tertiary/aromatic N) is 2. The molecule has 0 unspecified atom stereocenters. The maximum atomic E-state index is 12.6. The topological polar surface area (TPSA) is 121 Å². The molecule has 162 valence electrons. The van der Waals surface area contributed by atoms with Gasteiger partial charge in [0.2, 0.25) is 5.88 Å². The second kappa shape index (κ2) is 8.89. The molecule has 0 amide bonds. The number of furan rings is 1. The Morgan fingerprint density at radius 1 is 1.34 bits per heavy atom. The zero-order valence-corrected chi connectivity index (χ0v) is 17.7. The first-order valence-electron chi connectivity index (χ1n) is 10.1. The zero-order chi connectivity index (χ0) is 22.7. The molecule has 1 aliphatic heterocycles. The molecule has 4 rings (SSSR count). The number of benzene rings is 1. The molecule has 32 heavy (non-hydrogen) atoms. The number of carbonyl (C=O) groups is 1. The Bertz CT molecular complexity index is 1260. The summed E-state index contributed by atoms with van der Waals surface area (Å²) in [5, 5.41) is 21.2. The van der Waals surface area contributed by atoms with Crippen molar-refractivity contribution in [3.8, 4) is 5.75 Å². The lowest BCUT2D eigenvalue weighted by Crippen LogP contribution is -2.06. The van der Waals surface area contributed by atoms with E-state index >= 15 is 0 Å². The smallest absolute Gasteiger partial charge is 0.347 e. The number of carbonyl (C=O) groups excluding carboxylic acids is 1. The highest BCUT2D eigenvalue weighted by Gasteiger charge is 2.27. The molecule has 3 heterocycles. The molecule has 0 fully saturated rings. The average molecular weight is 430 g/mol. The minimum Gasteiger partial charge on any atom is -0.504 e. The van der Waals surface area contributed by atoms with E-state index in [2.05, 4.69) is 15.3 Å². The molecule has 0 aliphatic carbocycles. The Kier molecular flexibility index (Phi) is 5.85. The van der Waals surface area contributed by atoms with Gasteiger partial charge in [0, 0.05) is 35.7 Å². The summed E-state index contributed by atoms with van der Waals surface area (Å²) in [4.78, 5) is 21.0. The maximum absolute atomic E-state index is 12.6. The summed E-state index contributed by atoms with van der Waals surface area (Å²) in [5.41, 5.74) is 4.02. The van der Waals surface area contributed by atoms with E-state index in [-0.39, 0.29) is 29.6 Å². The number of rotatable bonds is 7. The van der Waals surface area contributed by atoms with Gasteiger partial charge in [-0.2, -0.15) is 0 Å². The van der Waals surface area contributed by atoms with Gasteiger partial charge < -0.3 is 25.0 Å².